The van der Waals surface area contributed by atoms with Crippen LogP contribution in [0.5, 0.6) is 11.5 Å². The first-order valence-corrected chi connectivity index (χ1v) is 6.49. The van der Waals surface area contributed by atoms with Crippen LogP contribution in [0.3, 0.4) is 0 Å². The van der Waals surface area contributed by atoms with Crippen molar-refractivity contribution in [1.82, 2.24) is 0 Å². The largest absolute Gasteiger partial charge is 0.457 e. The lowest BCUT2D eigenvalue weighted by molar-refractivity contribution is 0.488. The minimum absolute atomic E-state index is 0.409. The van der Waals surface area contributed by atoms with E-state index in [0.717, 1.165) is 27.8 Å². The molecule has 0 unspecified atom stereocenters. The predicted octanol–water partition coefficient (Wildman–Crippen LogP) is 4.70. The number of ether oxygens (including phenoxy) is 1. The SMILES string of the molecule is N#CCc1ccc(Oc2ccccc2)c2ccccc12. The molecule has 0 spiro atoms. The maximum Gasteiger partial charge on any atom is 0.135 e. The van der Waals surface area contributed by atoms with Gasteiger partial charge in [0.05, 0.1) is 12.5 Å². The number of fused-ring (bicyclic) bond motifs is 1. The second-order valence-electron chi connectivity index (χ2n) is 4.52. The van der Waals surface area contributed by atoms with Crippen LogP contribution in [-0.4, -0.2) is 0 Å². The number of nitrogens with zero attached hydrogens (tertiary/aromatic N) is 1. The molecule has 3 aromatic rings. The van der Waals surface area contributed by atoms with Gasteiger partial charge in [-0.1, -0.05) is 48.5 Å². The zero-order valence-corrected chi connectivity index (χ0v) is 10.9. The number of nitriles is 1. The molecular formula is C18H13NO. The van der Waals surface area contributed by atoms with Gasteiger partial charge in [0.2, 0.25) is 0 Å². The Balaban J connectivity index is 2.09. The van der Waals surface area contributed by atoms with Gasteiger partial charge in [-0.3, -0.25) is 0 Å². The average Bonchev–Trinajstić information content (AvgIpc) is 2.51. The van der Waals surface area contributed by atoms with Crippen LogP contribution in [0.25, 0.3) is 10.8 Å². The molecule has 0 bridgehead atoms. The summed E-state index contributed by atoms with van der Waals surface area (Å²) in [4.78, 5) is 0. The smallest absolute Gasteiger partial charge is 0.135 e. The van der Waals surface area contributed by atoms with Crippen molar-refractivity contribution in [3.63, 3.8) is 0 Å². The second-order valence-corrected chi connectivity index (χ2v) is 4.52. The van der Waals surface area contributed by atoms with Gasteiger partial charge in [-0.2, -0.15) is 5.26 Å². The Morgan fingerprint density at radius 2 is 1.50 bits per heavy atom. The fraction of sp³-hybridized carbons (Fsp3) is 0.0556. The van der Waals surface area contributed by atoms with Crippen LogP contribution in [-0.2, 0) is 6.42 Å². The van der Waals surface area contributed by atoms with E-state index in [0.29, 0.717) is 6.42 Å². The van der Waals surface area contributed by atoms with Crippen molar-refractivity contribution in [2.75, 3.05) is 0 Å². The predicted molar refractivity (Wildman–Crippen MR) is 79.8 cm³/mol. The number of benzene rings is 3. The Labute approximate surface area is 117 Å². The van der Waals surface area contributed by atoms with Crippen molar-refractivity contribution in [3.05, 3.63) is 72.3 Å². The van der Waals surface area contributed by atoms with Crippen molar-refractivity contribution < 1.29 is 4.74 Å². The van der Waals surface area contributed by atoms with Crippen LogP contribution in [0.2, 0.25) is 0 Å². The summed E-state index contributed by atoms with van der Waals surface area (Å²) in [6.07, 6.45) is 0.409. The Bertz CT molecular complexity index is 772. The van der Waals surface area contributed by atoms with E-state index in [1.165, 1.54) is 0 Å². The lowest BCUT2D eigenvalue weighted by Gasteiger charge is -2.11. The standard InChI is InChI=1S/C18H13NO/c19-13-12-14-10-11-18(17-9-5-4-8-16(14)17)20-15-6-2-1-3-7-15/h1-11H,12H2. The Morgan fingerprint density at radius 1 is 0.800 bits per heavy atom. The van der Waals surface area contributed by atoms with Gasteiger partial charge in [0.1, 0.15) is 11.5 Å². The molecule has 20 heavy (non-hydrogen) atoms. The highest BCUT2D eigenvalue weighted by molar-refractivity contribution is 5.91. The molecule has 0 N–H and O–H groups in total. The van der Waals surface area contributed by atoms with E-state index in [-0.39, 0.29) is 0 Å². The first kappa shape index (κ1) is 12.3. The summed E-state index contributed by atoms with van der Waals surface area (Å²) in [5, 5.41) is 11.0. The van der Waals surface area contributed by atoms with Gasteiger partial charge in [-0.15, -0.1) is 0 Å². The Morgan fingerprint density at radius 3 is 2.25 bits per heavy atom. The van der Waals surface area contributed by atoms with E-state index in [1.54, 1.807) is 0 Å². The molecule has 0 saturated heterocycles. The lowest BCUT2D eigenvalue weighted by atomic mass is 10.0. The molecule has 0 saturated carbocycles. The second kappa shape index (κ2) is 5.46. The molecule has 0 atom stereocenters. The minimum atomic E-state index is 0.409. The molecule has 0 aromatic heterocycles. The molecule has 0 heterocycles. The minimum Gasteiger partial charge on any atom is -0.457 e. The fourth-order valence-corrected chi connectivity index (χ4v) is 2.28. The summed E-state index contributed by atoms with van der Waals surface area (Å²) >= 11 is 0. The number of hydrogen-bond donors (Lipinski definition) is 0. The van der Waals surface area contributed by atoms with Gasteiger partial charge in [-0.05, 0) is 29.1 Å². The van der Waals surface area contributed by atoms with Gasteiger partial charge in [-0.25, -0.2) is 0 Å². The summed E-state index contributed by atoms with van der Waals surface area (Å²) in [6, 6.07) is 23.8. The van der Waals surface area contributed by atoms with Crippen molar-refractivity contribution in [1.29, 1.82) is 5.26 Å². The quantitative estimate of drug-likeness (QED) is 0.683. The third kappa shape index (κ3) is 2.34. The van der Waals surface area contributed by atoms with Crippen molar-refractivity contribution in [3.8, 4) is 17.6 Å². The molecule has 0 amide bonds. The molecule has 0 aliphatic carbocycles. The molecule has 96 valence electrons. The van der Waals surface area contributed by atoms with Gasteiger partial charge >= 0.3 is 0 Å². The topological polar surface area (TPSA) is 33.0 Å². The Hall–Kier alpha value is -2.79. The highest BCUT2D eigenvalue weighted by Gasteiger charge is 2.07. The van der Waals surface area contributed by atoms with E-state index in [4.69, 9.17) is 10.00 Å². The van der Waals surface area contributed by atoms with E-state index in [2.05, 4.69) is 6.07 Å². The fourth-order valence-electron chi connectivity index (χ4n) is 2.28. The molecule has 3 aromatic carbocycles. The van der Waals surface area contributed by atoms with Crippen LogP contribution < -0.4 is 4.74 Å². The van der Waals surface area contributed by atoms with E-state index in [1.807, 2.05) is 66.7 Å². The van der Waals surface area contributed by atoms with Crippen LogP contribution >= 0.6 is 0 Å². The van der Waals surface area contributed by atoms with Crippen molar-refractivity contribution >= 4 is 10.8 Å². The summed E-state index contributed by atoms with van der Waals surface area (Å²) in [5.41, 5.74) is 1.03. The van der Waals surface area contributed by atoms with Crippen LogP contribution in [0, 0.1) is 11.3 Å². The summed E-state index contributed by atoms with van der Waals surface area (Å²) in [5.74, 6) is 1.62. The van der Waals surface area contributed by atoms with Gasteiger partial charge in [0.15, 0.2) is 0 Å². The third-order valence-electron chi connectivity index (χ3n) is 3.21. The third-order valence-corrected chi connectivity index (χ3v) is 3.21. The first-order chi connectivity index (χ1) is 9.88. The first-order valence-electron chi connectivity index (χ1n) is 6.49. The molecule has 0 aliphatic rings. The highest BCUT2D eigenvalue weighted by atomic mass is 16.5. The maximum absolute atomic E-state index is 8.90. The summed E-state index contributed by atoms with van der Waals surface area (Å²) < 4.78 is 5.94. The van der Waals surface area contributed by atoms with Crippen LogP contribution in [0.15, 0.2) is 66.7 Å². The summed E-state index contributed by atoms with van der Waals surface area (Å²) in [6.45, 7) is 0. The number of para-hydroxylation sites is 1. The number of hydrogen-bond acceptors (Lipinski definition) is 2. The number of rotatable bonds is 3. The average molecular weight is 259 g/mol. The monoisotopic (exact) mass is 259 g/mol. The maximum atomic E-state index is 8.90. The Kier molecular flexibility index (Phi) is 3.34. The van der Waals surface area contributed by atoms with E-state index in [9.17, 15) is 0 Å². The zero-order chi connectivity index (χ0) is 13.8. The van der Waals surface area contributed by atoms with E-state index >= 15 is 0 Å². The molecule has 0 fully saturated rings. The lowest BCUT2D eigenvalue weighted by Crippen LogP contribution is -1.89. The molecular weight excluding hydrogens is 246 g/mol. The summed E-state index contributed by atoms with van der Waals surface area (Å²) in [7, 11) is 0. The molecule has 0 aliphatic heterocycles. The highest BCUT2D eigenvalue weighted by Crippen LogP contribution is 2.32. The zero-order valence-electron chi connectivity index (χ0n) is 10.9. The molecule has 2 heteroatoms. The van der Waals surface area contributed by atoms with Crippen molar-refractivity contribution in [2.24, 2.45) is 0 Å². The molecule has 3 rings (SSSR count). The van der Waals surface area contributed by atoms with E-state index < -0.39 is 0 Å². The van der Waals surface area contributed by atoms with Crippen LogP contribution in [0.4, 0.5) is 0 Å². The van der Waals surface area contributed by atoms with Crippen molar-refractivity contribution in [2.45, 2.75) is 6.42 Å². The van der Waals surface area contributed by atoms with Crippen LogP contribution in [0.1, 0.15) is 5.56 Å². The molecule has 2 nitrogen and oxygen atoms in total. The molecule has 0 radical (unpaired) electrons. The normalized spacial score (nSPS) is 10.2. The van der Waals surface area contributed by atoms with Gasteiger partial charge < -0.3 is 4.74 Å². The van der Waals surface area contributed by atoms with Gasteiger partial charge in [0, 0.05) is 5.39 Å². The van der Waals surface area contributed by atoms with Gasteiger partial charge in [0.25, 0.3) is 0 Å².